The topological polar surface area (TPSA) is 92.5 Å². The smallest absolute Gasteiger partial charge is 0.326 e. The first-order valence-electron chi connectivity index (χ1n) is 4.77. The first-order valence-corrected chi connectivity index (χ1v) is 4.77. The SMILES string of the molecule is Cc1ccc([N+](=O)[O-])c2c1CC(C(=O)O)N2. The van der Waals surface area contributed by atoms with E-state index in [-0.39, 0.29) is 12.1 Å². The monoisotopic (exact) mass is 222 g/mol. The molecule has 6 heteroatoms. The molecule has 0 spiro atoms. The van der Waals surface area contributed by atoms with Crippen LogP contribution in [0.25, 0.3) is 0 Å². The second-order valence-corrected chi connectivity index (χ2v) is 3.75. The Bertz CT molecular complexity index is 484. The number of hydrogen-bond donors (Lipinski definition) is 2. The first-order chi connectivity index (χ1) is 7.50. The van der Waals surface area contributed by atoms with E-state index >= 15 is 0 Å². The van der Waals surface area contributed by atoms with Crippen LogP contribution in [-0.2, 0) is 11.2 Å². The standard InChI is InChI=1S/C10H10N2O4/c1-5-2-3-8(12(15)16)9-6(5)4-7(11-9)10(13)14/h2-3,7,11H,4H2,1H3,(H,13,14). The van der Waals surface area contributed by atoms with Gasteiger partial charge in [0.1, 0.15) is 11.7 Å². The van der Waals surface area contributed by atoms with Gasteiger partial charge in [-0.05, 0) is 18.1 Å². The van der Waals surface area contributed by atoms with E-state index in [2.05, 4.69) is 5.32 Å². The normalized spacial score (nSPS) is 17.7. The second kappa shape index (κ2) is 3.48. The van der Waals surface area contributed by atoms with Gasteiger partial charge in [0.25, 0.3) is 5.69 Å². The molecule has 1 aromatic carbocycles. The van der Waals surface area contributed by atoms with Crippen molar-refractivity contribution in [3.05, 3.63) is 33.4 Å². The van der Waals surface area contributed by atoms with Gasteiger partial charge in [0.15, 0.2) is 0 Å². The minimum Gasteiger partial charge on any atom is -0.480 e. The van der Waals surface area contributed by atoms with E-state index in [0.29, 0.717) is 5.69 Å². The van der Waals surface area contributed by atoms with Crippen LogP contribution in [0.4, 0.5) is 11.4 Å². The Kier molecular flexibility index (Phi) is 2.26. The fourth-order valence-electron chi connectivity index (χ4n) is 1.89. The van der Waals surface area contributed by atoms with Gasteiger partial charge in [-0.1, -0.05) is 6.07 Å². The number of carboxylic acid groups (broad SMARTS) is 1. The Morgan fingerprint density at radius 1 is 1.62 bits per heavy atom. The van der Waals surface area contributed by atoms with E-state index < -0.39 is 16.9 Å². The van der Waals surface area contributed by atoms with Gasteiger partial charge in [0.05, 0.1) is 4.92 Å². The van der Waals surface area contributed by atoms with Crippen LogP contribution in [0.2, 0.25) is 0 Å². The number of anilines is 1. The second-order valence-electron chi connectivity index (χ2n) is 3.75. The number of rotatable bonds is 2. The predicted molar refractivity (Wildman–Crippen MR) is 56.6 cm³/mol. The fraction of sp³-hybridized carbons (Fsp3) is 0.300. The Morgan fingerprint density at radius 2 is 2.31 bits per heavy atom. The van der Waals surface area contributed by atoms with Gasteiger partial charge < -0.3 is 10.4 Å². The highest BCUT2D eigenvalue weighted by atomic mass is 16.6. The van der Waals surface area contributed by atoms with Crippen LogP contribution < -0.4 is 5.32 Å². The van der Waals surface area contributed by atoms with E-state index in [0.717, 1.165) is 11.1 Å². The summed E-state index contributed by atoms with van der Waals surface area (Å²) in [4.78, 5) is 21.1. The molecule has 84 valence electrons. The highest BCUT2D eigenvalue weighted by Gasteiger charge is 2.32. The largest absolute Gasteiger partial charge is 0.480 e. The summed E-state index contributed by atoms with van der Waals surface area (Å²) in [6, 6.07) is 2.27. The van der Waals surface area contributed by atoms with E-state index in [9.17, 15) is 14.9 Å². The van der Waals surface area contributed by atoms with Crippen molar-refractivity contribution in [2.45, 2.75) is 19.4 Å². The molecule has 1 atom stereocenters. The number of aryl methyl sites for hydroxylation is 1. The number of benzene rings is 1. The van der Waals surface area contributed by atoms with Crippen LogP contribution in [-0.4, -0.2) is 22.0 Å². The van der Waals surface area contributed by atoms with Crippen LogP contribution in [0.3, 0.4) is 0 Å². The number of hydrogen-bond acceptors (Lipinski definition) is 4. The maximum Gasteiger partial charge on any atom is 0.326 e. The summed E-state index contributed by atoms with van der Waals surface area (Å²) in [5, 5.41) is 22.3. The molecule has 1 aliphatic rings. The Hall–Kier alpha value is -2.11. The molecule has 0 fully saturated rings. The molecule has 0 saturated carbocycles. The molecule has 0 saturated heterocycles. The molecule has 0 amide bonds. The number of carboxylic acids is 1. The van der Waals surface area contributed by atoms with Crippen LogP contribution in [0.15, 0.2) is 12.1 Å². The summed E-state index contributed by atoms with van der Waals surface area (Å²) in [6.07, 6.45) is 0.290. The highest BCUT2D eigenvalue weighted by Crippen LogP contribution is 2.36. The highest BCUT2D eigenvalue weighted by molar-refractivity contribution is 5.84. The van der Waals surface area contributed by atoms with Gasteiger partial charge in [-0.25, -0.2) is 4.79 Å². The lowest BCUT2D eigenvalue weighted by atomic mass is 10.0. The lowest BCUT2D eigenvalue weighted by molar-refractivity contribution is -0.383. The molecule has 2 N–H and O–H groups in total. The molecule has 1 aromatic rings. The quantitative estimate of drug-likeness (QED) is 0.581. The van der Waals surface area contributed by atoms with Gasteiger partial charge in [0.2, 0.25) is 0 Å². The molecular weight excluding hydrogens is 212 g/mol. The third kappa shape index (κ3) is 1.48. The molecule has 0 bridgehead atoms. The number of aliphatic carboxylic acids is 1. The van der Waals surface area contributed by atoms with Crippen LogP contribution >= 0.6 is 0 Å². The van der Waals surface area contributed by atoms with Crippen molar-refractivity contribution >= 4 is 17.3 Å². The third-order valence-electron chi connectivity index (χ3n) is 2.75. The van der Waals surface area contributed by atoms with Crippen molar-refractivity contribution in [3.63, 3.8) is 0 Å². The number of nitro benzene ring substituents is 1. The lowest BCUT2D eigenvalue weighted by Gasteiger charge is -2.04. The summed E-state index contributed by atoms with van der Waals surface area (Å²) in [5.74, 6) is -0.995. The number of nitrogens with zero attached hydrogens (tertiary/aromatic N) is 1. The van der Waals surface area contributed by atoms with Crippen molar-refractivity contribution in [1.29, 1.82) is 0 Å². The maximum absolute atomic E-state index is 10.8. The average Bonchev–Trinajstić information content (AvgIpc) is 2.62. The molecule has 0 aromatic heterocycles. The van der Waals surface area contributed by atoms with Crippen LogP contribution in [0, 0.1) is 17.0 Å². The molecule has 0 aliphatic carbocycles. The molecule has 0 radical (unpaired) electrons. The Balaban J connectivity index is 2.50. The Morgan fingerprint density at radius 3 is 2.88 bits per heavy atom. The third-order valence-corrected chi connectivity index (χ3v) is 2.75. The zero-order valence-corrected chi connectivity index (χ0v) is 8.56. The molecular formula is C10H10N2O4. The number of carbonyl (C=O) groups is 1. The molecule has 1 unspecified atom stereocenters. The van der Waals surface area contributed by atoms with E-state index in [1.54, 1.807) is 6.07 Å². The minimum atomic E-state index is -0.995. The summed E-state index contributed by atoms with van der Waals surface area (Å²) in [5.41, 5.74) is 1.88. The van der Waals surface area contributed by atoms with Gasteiger partial charge in [-0.15, -0.1) is 0 Å². The summed E-state index contributed by atoms with van der Waals surface area (Å²) in [6.45, 7) is 1.81. The summed E-state index contributed by atoms with van der Waals surface area (Å²) < 4.78 is 0. The molecule has 1 heterocycles. The van der Waals surface area contributed by atoms with Crippen molar-refractivity contribution in [2.24, 2.45) is 0 Å². The van der Waals surface area contributed by atoms with Crippen molar-refractivity contribution in [1.82, 2.24) is 0 Å². The minimum absolute atomic E-state index is 0.0654. The van der Waals surface area contributed by atoms with Crippen LogP contribution in [0.1, 0.15) is 11.1 Å². The van der Waals surface area contributed by atoms with Crippen LogP contribution in [0.5, 0.6) is 0 Å². The van der Waals surface area contributed by atoms with Gasteiger partial charge in [-0.3, -0.25) is 10.1 Å². The van der Waals surface area contributed by atoms with Gasteiger partial charge in [0, 0.05) is 12.5 Å². The number of fused-ring (bicyclic) bond motifs is 1. The molecule has 6 nitrogen and oxygen atoms in total. The van der Waals surface area contributed by atoms with Crippen molar-refractivity contribution in [3.8, 4) is 0 Å². The molecule has 2 rings (SSSR count). The average molecular weight is 222 g/mol. The Labute approximate surface area is 91.0 Å². The summed E-state index contributed by atoms with van der Waals surface area (Å²) in [7, 11) is 0. The maximum atomic E-state index is 10.8. The van der Waals surface area contributed by atoms with Crippen molar-refractivity contribution in [2.75, 3.05) is 5.32 Å². The first kappa shape index (κ1) is 10.4. The van der Waals surface area contributed by atoms with E-state index in [4.69, 9.17) is 5.11 Å². The zero-order valence-electron chi connectivity index (χ0n) is 8.56. The lowest BCUT2D eigenvalue weighted by Crippen LogP contribution is -2.26. The van der Waals surface area contributed by atoms with Gasteiger partial charge >= 0.3 is 5.97 Å². The van der Waals surface area contributed by atoms with E-state index in [1.807, 2.05) is 6.92 Å². The fourth-order valence-corrected chi connectivity index (χ4v) is 1.89. The number of nitrogens with one attached hydrogen (secondary N) is 1. The zero-order chi connectivity index (χ0) is 11.9. The van der Waals surface area contributed by atoms with Gasteiger partial charge in [-0.2, -0.15) is 0 Å². The molecule has 16 heavy (non-hydrogen) atoms. The predicted octanol–water partition coefficient (Wildman–Crippen LogP) is 1.32. The van der Waals surface area contributed by atoms with Crippen molar-refractivity contribution < 1.29 is 14.8 Å². The molecule has 1 aliphatic heterocycles. The number of nitro groups is 1. The van der Waals surface area contributed by atoms with E-state index in [1.165, 1.54) is 6.07 Å². The summed E-state index contributed by atoms with van der Waals surface area (Å²) >= 11 is 0.